The van der Waals surface area contributed by atoms with Gasteiger partial charge in [-0.3, -0.25) is 0 Å². The Morgan fingerprint density at radius 2 is 1.43 bits per heavy atom. The van der Waals surface area contributed by atoms with Crippen LogP contribution in [-0.4, -0.2) is 57.9 Å². The number of nitrogens with zero attached hydrogens (tertiary/aromatic N) is 2. The van der Waals surface area contributed by atoms with Gasteiger partial charge >= 0.3 is 0 Å². The summed E-state index contributed by atoms with van der Waals surface area (Å²) in [6.07, 6.45) is 1.13. The monoisotopic (exact) mass is 333 g/mol. The molecule has 2 N–H and O–H groups in total. The summed E-state index contributed by atoms with van der Waals surface area (Å²) in [6, 6.07) is 6.68. The van der Waals surface area contributed by atoms with E-state index in [2.05, 4.69) is 0 Å². The summed E-state index contributed by atoms with van der Waals surface area (Å²) in [6.45, 7) is 0.758. The summed E-state index contributed by atoms with van der Waals surface area (Å²) >= 11 is 0. The Morgan fingerprint density at radius 3 is 1.90 bits per heavy atom. The fourth-order valence-corrected chi connectivity index (χ4v) is 4.54. The minimum Gasteiger partial charge on any atom is -0.399 e. The van der Waals surface area contributed by atoms with Crippen molar-refractivity contribution in [1.29, 1.82) is 0 Å². The minimum absolute atomic E-state index is 0.105. The number of nitrogens with two attached hydrogens (primary N) is 1. The van der Waals surface area contributed by atoms with Crippen LogP contribution in [0.4, 0.5) is 5.69 Å². The second-order valence-corrected chi connectivity index (χ2v) is 9.01. The molecule has 7 nitrogen and oxygen atoms in total. The Hall–Kier alpha value is -1.16. The zero-order chi connectivity index (χ0) is 15.7. The second kappa shape index (κ2) is 5.91. The predicted molar refractivity (Wildman–Crippen MR) is 81.5 cm³/mol. The first-order valence-corrected chi connectivity index (χ1v) is 9.91. The highest BCUT2D eigenvalue weighted by Gasteiger charge is 2.30. The molecule has 21 heavy (non-hydrogen) atoms. The largest absolute Gasteiger partial charge is 0.399 e. The lowest BCUT2D eigenvalue weighted by Gasteiger charge is -2.32. The van der Waals surface area contributed by atoms with Gasteiger partial charge in [0.25, 0.3) is 0 Å². The number of rotatable bonds is 4. The van der Waals surface area contributed by atoms with Gasteiger partial charge in [-0.1, -0.05) is 12.1 Å². The van der Waals surface area contributed by atoms with Gasteiger partial charge in [0.15, 0.2) is 0 Å². The molecule has 1 saturated heterocycles. The Morgan fingerprint density at radius 1 is 0.952 bits per heavy atom. The molecule has 1 aromatic rings. The van der Waals surface area contributed by atoms with Gasteiger partial charge in [-0.2, -0.15) is 8.61 Å². The van der Waals surface area contributed by atoms with Crippen LogP contribution in [0.3, 0.4) is 0 Å². The van der Waals surface area contributed by atoms with Crippen molar-refractivity contribution in [1.82, 2.24) is 8.61 Å². The van der Waals surface area contributed by atoms with Crippen LogP contribution in [0.25, 0.3) is 0 Å². The zero-order valence-electron chi connectivity index (χ0n) is 11.8. The van der Waals surface area contributed by atoms with Crippen molar-refractivity contribution in [2.45, 2.75) is 5.75 Å². The fourth-order valence-electron chi connectivity index (χ4n) is 2.20. The lowest BCUT2D eigenvalue weighted by Crippen LogP contribution is -2.50. The first-order chi connectivity index (χ1) is 9.68. The standard InChI is InChI=1S/C12H19N3O4S2/c1-20(16,17)14-6-8-15(9-7-14)21(18,19)10-11-2-4-12(13)5-3-11/h2-5H,6-10,13H2,1H3. The van der Waals surface area contributed by atoms with Crippen molar-refractivity contribution in [2.24, 2.45) is 0 Å². The zero-order valence-corrected chi connectivity index (χ0v) is 13.4. The van der Waals surface area contributed by atoms with Crippen molar-refractivity contribution in [3.05, 3.63) is 29.8 Å². The Balaban J connectivity index is 2.03. The SMILES string of the molecule is CS(=O)(=O)N1CCN(S(=O)(=O)Cc2ccc(N)cc2)CC1. The van der Waals surface area contributed by atoms with E-state index in [9.17, 15) is 16.8 Å². The molecule has 0 spiro atoms. The maximum Gasteiger partial charge on any atom is 0.218 e. The smallest absolute Gasteiger partial charge is 0.218 e. The van der Waals surface area contributed by atoms with E-state index in [1.165, 1.54) is 8.61 Å². The first-order valence-electron chi connectivity index (χ1n) is 6.46. The molecule has 1 aromatic carbocycles. The molecular weight excluding hydrogens is 314 g/mol. The molecule has 1 fully saturated rings. The van der Waals surface area contributed by atoms with Crippen molar-refractivity contribution < 1.29 is 16.8 Å². The molecular formula is C12H19N3O4S2. The van der Waals surface area contributed by atoms with E-state index < -0.39 is 20.0 Å². The number of sulfonamides is 2. The molecule has 1 heterocycles. The normalized spacial score (nSPS) is 18.7. The van der Waals surface area contributed by atoms with Crippen LogP contribution in [0, 0.1) is 0 Å². The van der Waals surface area contributed by atoms with Gasteiger partial charge < -0.3 is 5.73 Å². The molecule has 1 aliphatic rings. The second-order valence-electron chi connectivity index (χ2n) is 5.06. The molecule has 0 radical (unpaired) electrons. The number of anilines is 1. The van der Waals surface area contributed by atoms with Gasteiger partial charge in [0.1, 0.15) is 0 Å². The number of hydrogen-bond donors (Lipinski definition) is 1. The summed E-state index contributed by atoms with van der Waals surface area (Å²) in [7, 11) is -6.71. The van der Waals surface area contributed by atoms with E-state index in [1.54, 1.807) is 24.3 Å². The Kier molecular flexibility index (Phi) is 4.57. The van der Waals surface area contributed by atoms with Gasteiger partial charge in [0, 0.05) is 31.9 Å². The van der Waals surface area contributed by atoms with Crippen LogP contribution in [0.15, 0.2) is 24.3 Å². The summed E-state index contributed by atoms with van der Waals surface area (Å²) < 4.78 is 50.1. The quantitative estimate of drug-likeness (QED) is 0.761. The van der Waals surface area contributed by atoms with Crippen LogP contribution in [0.5, 0.6) is 0 Å². The van der Waals surface area contributed by atoms with E-state index >= 15 is 0 Å². The highest BCUT2D eigenvalue weighted by Crippen LogP contribution is 2.15. The lowest BCUT2D eigenvalue weighted by atomic mass is 10.2. The molecule has 0 aliphatic carbocycles. The summed E-state index contributed by atoms with van der Waals surface area (Å²) in [5.74, 6) is -0.105. The van der Waals surface area contributed by atoms with Crippen LogP contribution in [-0.2, 0) is 25.8 Å². The number of hydrogen-bond acceptors (Lipinski definition) is 5. The number of nitrogen functional groups attached to an aromatic ring is 1. The Labute approximate surface area is 125 Å². The van der Waals surface area contributed by atoms with Crippen molar-refractivity contribution in [3.63, 3.8) is 0 Å². The van der Waals surface area contributed by atoms with Crippen molar-refractivity contribution in [2.75, 3.05) is 38.2 Å². The third-order valence-corrected chi connectivity index (χ3v) is 6.54. The highest BCUT2D eigenvalue weighted by molar-refractivity contribution is 7.88. The predicted octanol–water partition coefficient (Wildman–Crippen LogP) is -0.324. The fraction of sp³-hybridized carbons (Fsp3) is 0.500. The molecule has 0 amide bonds. The molecule has 0 atom stereocenters. The van der Waals surface area contributed by atoms with Crippen molar-refractivity contribution in [3.8, 4) is 0 Å². The summed E-state index contributed by atoms with van der Waals surface area (Å²) in [5, 5.41) is 0. The van der Waals surface area contributed by atoms with E-state index in [0.29, 0.717) is 11.3 Å². The molecule has 0 unspecified atom stereocenters. The molecule has 0 saturated carbocycles. The topological polar surface area (TPSA) is 101 Å². The van der Waals surface area contributed by atoms with Crippen molar-refractivity contribution >= 4 is 25.7 Å². The van der Waals surface area contributed by atoms with Crippen LogP contribution < -0.4 is 5.73 Å². The van der Waals surface area contributed by atoms with Gasteiger partial charge in [-0.25, -0.2) is 16.8 Å². The summed E-state index contributed by atoms with van der Waals surface area (Å²) in [5.41, 5.74) is 6.81. The molecule has 118 valence electrons. The van der Waals surface area contributed by atoms with E-state index in [0.717, 1.165) is 6.26 Å². The van der Waals surface area contributed by atoms with E-state index in [-0.39, 0.29) is 31.9 Å². The average molecular weight is 333 g/mol. The maximum atomic E-state index is 12.3. The number of benzene rings is 1. The number of piperazine rings is 1. The maximum absolute atomic E-state index is 12.3. The Bertz CT molecular complexity index is 691. The third kappa shape index (κ3) is 4.16. The van der Waals surface area contributed by atoms with Crippen LogP contribution in [0.2, 0.25) is 0 Å². The summed E-state index contributed by atoms with van der Waals surface area (Å²) in [4.78, 5) is 0. The van der Waals surface area contributed by atoms with E-state index in [1.807, 2.05) is 0 Å². The van der Waals surface area contributed by atoms with Gasteiger partial charge in [0.2, 0.25) is 20.0 Å². The van der Waals surface area contributed by atoms with E-state index in [4.69, 9.17) is 5.73 Å². The molecule has 0 bridgehead atoms. The van der Waals surface area contributed by atoms with Gasteiger partial charge in [-0.05, 0) is 17.7 Å². The first kappa shape index (κ1) is 16.2. The molecule has 0 aromatic heterocycles. The van der Waals surface area contributed by atoms with Gasteiger partial charge in [0.05, 0.1) is 12.0 Å². The highest BCUT2D eigenvalue weighted by atomic mass is 32.2. The lowest BCUT2D eigenvalue weighted by molar-refractivity contribution is 0.274. The van der Waals surface area contributed by atoms with Crippen LogP contribution >= 0.6 is 0 Å². The average Bonchev–Trinajstić information content (AvgIpc) is 2.40. The molecule has 1 aliphatic heterocycles. The molecule has 2 rings (SSSR count). The molecule has 9 heteroatoms. The minimum atomic E-state index is -3.45. The van der Waals surface area contributed by atoms with Crippen LogP contribution in [0.1, 0.15) is 5.56 Å². The van der Waals surface area contributed by atoms with Gasteiger partial charge in [-0.15, -0.1) is 0 Å². The third-order valence-electron chi connectivity index (χ3n) is 3.39.